The van der Waals surface area contributed by atoms with Crippen molar-refractivity contribution >= 4 is 5.97 Å². The first-order valence-electron chi connectivity index (χ1n) is 14.7. The molecule has 0 saturated heterocycles. The zero-order valence-electron chi connectivity index (χ0n) is 23.7. The highest BCUT2D eigenvalue weighted by Crippen LogP contribution is 2.77. The van der Waals surface area contributed by atoms with Gasteiger partial charge in [-0.1, -0.05) is 46.8 Å². The third-order valence-corrected chi connectivity index (χ3v) is 13.8. The van der Waals surface area contributed by atoms with E-state index < -0.39 is 0 Å². The van der Waals surface area contributed by atoms with Crippen LogP contribution in [0.4, 0.5) is 0 Å². The molecule has 5 saturated carbocycles. The van der Waals surface area contributed by atoms with E-state index in [0.29, 0.717) is 46.5 Å². The molecule has 198 valence electrons. The van der Waals surface area contributed by atoms with Gasteiger partial charge in [0.25, 0.3) is 0 Å². The summed E-state index contributed by atoms with van der Waals surface area (Å²) in [6, 6.07) is 0. The SMILES string of the molecule is C=C(C)C1CCC2(CO)CC[C@]3(C)[C@H](CC[C@@H]4[C@@]5(C)CCC(OC(C)=O)C(C)(C)[C@@H]5CC[C@]43C)C12. The van der Waals surface area contributed by atoms with Gasteiger partial charge in [-0.25, -0.2) is 0 Å². The molecular weight excluding hydrogens is 432 g/mol. The van der Waals surface area contributed by atoms with Gasteiger partial charge in [-0.3, -0.25) is 4.79 Å². The molecule has 5 aliphatic rings. The third kappa shape index (κ3) is 3.28. The van der Waals surface area contributed by atoms with Gasteiger partial charge >= 0.3 is 5.97 Å². The number of aliphatic hydroxyl groups excluding tert-OH is 1. The Morgan fingerprint density at radius 1 is 0.857 bits per heavy atom. The van der Waals surface area contributed by atoms with E-state index in [2.05, 4.69) is 48.1 Å². The van der Waals surface area contributed by atoms with Crippen LogP contribution in [-0.4, -0.2) is 23.8 Å². The molecule has 0 radical (unpaired) electrons. The summed E-state index contributed by atoms with van der Waals surface area (Å²) in [6.45, 7) is 21.3. The fourth-order valence-corrected chi connectivity index (χ4v) is 11.9. The molecule has 0 aromatic rings. The Hall–Kier alpha value is -0.830. The Morgan fingerprint density at radius 2 is 1.57 bits per heavy atom. The second kappa shape index (κ2) is 8.08. The number of carbonyl (C=O) groups is 1. The molecule has 3 heteroatoms. The first kappa shape index (κ1) is 25.8. The minimum Gasteiger partial charge on any atom is -0.462 e. The van der Waals surface area contributed by atoms with Gasteiger partial charge in [0.1, 0.15) is 6.10 Å². The molecule has 3 nitrogen and oxygen atoms in total. The number of allylic oxidation sites excluding steroid dienone is 1. The molecule has 10 atom stereocenters. The number of carbonyl (C=O) groups excluding carboxylic acids is 1. The topological polar surface area (TPSA) is 46.5 Å². The molecule has 5 fully saturated rings. The van der Waals surface area contributed by atoms with Crippen molar-refractivity contribution in [1.82, 2.24) is 0 Å². The average Bonchev–Trinajstić information content (AvgIpc) is 3.16. The predicted molar refractivity (Wildman–Crippen MR) is 142 cm³/mol. The maximum absolute atomic E-state index is 11.9. The molecule has 4 unspecified atom stereocenters. The molecule has 5 rings (SSSR count). The highest BCUT2D eigenvalue weighted by atomic mass is 16.5. The summed E-state index contributed by atoms with van der Waals surface area (Å²) < 4.78 is 5.90. The number of fused-ring (bicyclic) bond motifs is 7. The van der Waals surface area contributed by atoms with Crippen molar-refractivity contribution in [3.05, 3.63) is 12.2 Å². The van der Waals surface area contributed by atoms with Gasteiger partial charge in [0.05, 0.1) is 0 Å². The number of esters is 1. The number of hydrogen-bond acceptors (Lipinski definition) is 3. The van der Waals surface area contributed by atoms with Crippen LogP contribution in [0.15, 0.2) is 12.2 Å². The summed E-state index contributed by atoms with van der Waals surface area (Å²) in [5, 5.41) is 10.7. The van der Waals surface area contributed by atoms with Gasteiger partial charge in [0, 0.05) is 18.9 Å². The maximum Gasteiger partial charge on any atom is 0.302 e. The normalized spacial score (nSPS) is 52.5. The molecule has 0 amide bonds. The molecular formula is C32H52O3. The summed E-state index contributed by atoms with van der Waals surface area (Å²) in [7, 11) is 0. The van der Waals surface area contributed by atoms with Crippen molar-refractivity contribution in [2.75, 3.05) is 6.61 Å². The van der Waals surface area contributed by atoms with Crippen molar-refractivity contribution < 1.29 is 14.6 Å². The summed E-state index contributed by atoms with van der Waals surface area (Å²) >= 11 is 0. The van der Waals surface area contributed by atoms with Gasteiger partial charge < -0.3 is 9.84 Å². The lowest BCUT2D eigenvalue weighted by Gasteiger charge is -2.73. The third-order valence-electron chi connectivity index (χ3n) is 13.8. The monoisotopic (exact) mass is 484 g/mol. The van der Waals surface area contributed by atoms with Gasteiger partial charge in [0.2, 0.25) is 0 Å². The van der Waals surface area contributed by atoms with Crippen molar-refractivity contribution in [3.63, 3.8) is 0 Å². The summed E-state index contributed by atoms with van der Waals surface area (Å²) in [4.78, 5) is 11.9. The van der Waals surface area contributed by atoms with Gasteiger partial charge in [-0.15, -0.1) is 0 Å². The van der Waals surface area contributed by atoms with Crippen LogP contribution in [0.25, 0.3) is 0 Å². The van der Waals surface area contributed by atoms with Gasteiger partial charge in [0.15, 0.2) is 0 Å². The zero-order valence-corrected chi connectivity index (χ0v) is 23.7. The molecule has 0 heterocycles. The zero-order chi connectivity index (χ0) is 25.6. The van der Waals surface area contributed by atoms with Crippen LogP contribution in [0.3, 0.4) is 0 Å². The fraction of sp³-hybridized carbons (Fsp3) is 0.906. The van der Waals surface area contributed by atoms with E-state index in [1.807, 2.05) is 0 Å². The molecule has 0 spiro atoms. The van der Waals surface area contributed by atoms with Crippen LogP contribution < -0.4 is 0 Å². The van der Waals surface area contributed by atoms with E-state index in [9.17, 15) is 9.90 Å². The Kier molecular flexibility index (Phi) is 5.96. The van der Waals surface area contributed by atoms with Crippen molar-refractivity contribution in [2.45, 2.75) is 119 Å². The lowest BCUT2D eigenvalue weighted by molar-refractivity contribution is -0.251. The van der Waals surface area contributed by atoms with Crippen LogP contribution in [0.1, 0.15) is 113 Å². The molecule has 35 heavy (non-hydrogen) atoms. The molecule has 0 aromatic heterocycles. The van der Waals surface area contributed by atoms with Crippen molar-refractivity contribution in [1.29, 1.82) is 0 Å². The first-order chi connectivity index (χ1) is 16.3. The van der Waals surface area contributed by atoms with E-state index in [-0.39, 0.29) is 22.9 Å². The predicted octanol–water partition coefficient (Wildman–Crippen LogP) is 7.57. The van der Waals surface area contributed by atoms with E-state index >= 15 is 0 Å². The van der Waals surface area contributed by atoms with Crippen LogP contribution >= 0.6 is 0 Å². The number of hydrogen-bond donors (Lipinski definition) is 1. The Bertz CT molecular complexity index is 891. The van der Waals surface area contributed by atoms with E-state index in [1.54, 1.807) is 6.92 Å². The van der Waals surface area contributed by atoms with E-state index in [4.69, 9.17) is 4.74 Å². The van der Waals surface area contributed by atoms with Crippen molar-refractivity contribution in [3.8, 4) is 0 Å². The Labute approximate surface area is 214 Å². The van der Waals surface area contributed by atoms with Gasteiger partial charge in [-0.05, 0) is 122 Å². The lowest BCUT2D eigenvalue weighted by atomic mass is 9.32. The standard InChI is InChI=1S/C32H52O3/c1-20(2)22-11-16-32(19-33)18-17-30(7)23(27(22)32)9-10-25-29(6)14-13-26(35-21(3)34)28(4,5)24(29)12-15-31(25,30)8/h22-27,33H,1,9-19H2,2-8H3/t22?,23-,24+,25-,26?,27?,29+,30-,31-,32?/m1/s1. The highest BCUT2D eigenvalue weighted by Gasteiger charge is 2.71. The summed E-state index contributed by atoms with van der Waals surface area (Å²) in [6.07, 6.45) is 12.2. The minimum absolute atomic E-state index is 0.0207. The number of aliphatic hydroxyl groups is 1. The second-order valence-corrected chi connectivity index (χ2v) is 15.2. The molecule has 1 N–H and O–H groups in total. The Balaban J connectivity index is 1.51. The first-order valence-corrected chi connectivity index (χ1v) is 14.7. The minimum atomic E-state index is -0.126. The van der Waals surface area contributed by atoms with E-state index in [0.717, 1.165) is 12.3 Å². The Morgan fingerprint density at radius 3 is 2.20 bits per heavy atom. The highest BCUT2D eigenvalue weighted by molar-refractivity contribution is 5.66. The maximum atomic E-state index is 11.9. The summed E-state index contributed by atoms with van der Waals surface area (Å²) in [5.41, 5.74) is 2.45. The number of ether oxygens (including phenoxy) is 1. The quantitative estimate of drug-likeness (QED) is 0.332. The van der Waals surface area contributed by atoms with Crippen LogP contribution in [0, 0.1) is 56.7 Å². The van der Waals surface area contributed by atoms with Crippen LogP contribution in [-0.2, 0) is 9.53 Å². The summed E-state index contributed by atoms with van der Waals surface area (Å²) in [5.74, 6) is 3.07. The average molecular weight is 485 g/mol. The van der Waals surface area contributed by atoms with Gasteiger partial charge in [-0.2, -0.15) is 0 Å². The smallest absolute Gasteiger partial charge is 0.302 e. The van der Waals surface area contributed by atoms with Crippen LogP contribution in [0.5, 0.6) is 0 Å². The molecule has 0 bridgehead atoms. The lowest BCUT2D eigenvalue weighted by Crippen LogP contribution is -2.67. The molecule has 0 aliphatic heterocycles. The van der Waals surface area contributed by atoms with E-state index in [1.165, 1.54) is 63.4 Å². The molecule has 5 aliphatic carbocycles. The molecule has 0 aromatic carbocycles. The fourth-order valence-electron chi connectivity index (χ4n) is 11.9. The van der Waals surface area contributed by atoms with Crippen LogP contribution in [0.2, 0.25) is 0 Å². The number of rotatable bonds is 3. The second-order valence-electron chi connectivity index (χ2n) is 15.2. The van der Waals surface area contributed by atoms with Crippen molar-refractivity contribution in [2.24, 2.45) is 56.7 Å². The largest absolute Gasteiger partial charge is 0.462 e.